The van der Waals surface area contributed by atoms with E-state index < -0.39 is 0 Å². The number of carbonyl (C=O) groups is 1. The maximum absolute atomic E-state index is 12.7. The Labute approximate surface area is 135 Å². The van der Waals surface area contributed by atoms with E-state index in [9.17, 15) is 9.90 Å². The zero-order valence-electron chi connectivity index (χ0n) is 13.1. The summed E-state index contributed by atoms with van der Waals surface area (Å²) in [4.78, 5) is 14.4. The summed E-state index contributed by atoms with van der Waals surface area (Å²) in [6.07, 6.45) is 2.98. The number of carbonyl (C=O) groups excluding carboxylic acids is 1. The highest BCUT2D eigenvalue weighted by Gasteiger charge is 2.22. The van der Waals surface area contributed by atoms with Crippen molar-refractivity contribution in [3.05, 3.63) is 48.0 Å². The second-order valence-corrected chi connectivity index (χ2v) is 5.58. The summed E-state index contributed by atoms with van der Waals surface area (Å²) in [7, 11) is 1.62. The van der Waals surface area contributed by atoms with E-state index in [1.54, 1.807) is 36.3 Å². The molecule has 0 saturated carbocycles. The van der Waals surface area contributed by atoms with Gasteiger partial charge in [0.05, 0.1) is 12.8 Å². The molecule has 0 saturated heterocycles. The molecule has 5 heteroatoms. The number of anilines is 2. The van der Waals surface area contributed by atoms with Crippen LogP contribution in [0.25, 0.3) is 0 Å². The molecule has 0 unspecified atom stereocenters. The first-order valence-electron chi connectivity index (χ1n) is 7.72. The third-order valence-electron chi connectivity index (χ3n) is 4.02. The van der Waals surface area contributed by atoms with E-state index in [-0.39, 0.29) is 11.8 Å². The van der Waals surface area contributed by atoms with Crippen LogP contribution in [0.3, 0.4) is 0 Å². The molecule has 120 valence electrons. The smallest absolute Gasteiger partial charge is 0.326 e. The van der Waals surface area contributed by atoms with Crippen molar-refractivity contribution in [1.82, 2.24) is 0 Å². The lowest BCUT2D eigenvalue weighted by Crippen LogP contribution is -2.35. The average Bonchev–Trinajstić information content (AvgIpc) is 2.78. The monoisotopic (exact) mass is 312 g/mol. The molecule has 1 aliphatic rings. The van der Waals surface area contributed by atoms with Gasteiger partial charge < -0.3 is 15.2 Å². The number of urea groups is 1. The Morgan fingerprint density at radius 3 is 2.70 bits per heavy atom. The molecule has 0 atom stereocenters. The highest BCUT2D eigenvalue weighted by molar-refractivity contribution is 6.02. The zero-order valence-corrected chi connectivity index (χ0v) is 13.1. The summed E-state index contributed by atoms with van der Waals surface area (Å²) in [5.74, 6) is 0.918. The number of amides is 2. The van der Waals surface area contributed by atoms with Crippen LogP contribution in [-0.2, 0) is 6.42 Å². The molecule has 23 heavy (non-hydrogen) atoms. The lowest BCUT2D eigenvalue weighted by molar-refractivity contribution is 0.257. The summed E-state index contributed by atoms with van der Waals surface area (Å²) in [5, 5.41) is 12.2. The molecule has 2 N–H and O–H groups in total. The number of aryl methyl sites for hydroxylation is 1. The van der Waals surface area contributed by atoms with Crippen LogP contribution in [0, 0.1) is 0 Å². The zero-order chi connectivity index (χ0) is 16.2. The number of hydrogen-bond acceptors (Lipinski definition) is 3. The number of methoxy groups -OCH3 is 1. The van der Waals surface area contributed by atoms with Crippen LogP contribution >= 0.6 is 0 Å². The molecule has 2 aromatic carbocycles. The highest BCUT2D eigenvalue weighted by atomic mass is 16.5. The van der Waals surface area contributed by atoms with Gasteiger partial charge in [0.15, 0.2) is 0 Å². The average molecular weight is 312 g/mol. The number of phenols is 1. The van der Waals surface area contributed by atoms with Crippen LogP contribution in [0.15, 0.2) is 42.5 Å². The summed E-state index contributed by atoms with van der Waals surface area (Å²) >= 11 is 0. The van der Waals surface area contributed by atoms with Gasteiger partial charge in [0.25, 0.3) is 0 Å². The second-order valence-electron chi connectivity index (χ2n) is 5.58. The van der Waals surface area contributed by atoms with Crippen molar-refractivity contribution in [1.29, 1.82) is 0 Å². The van der Waals surface area contributed by atoms with E-state index in [0.29, 0.717) is 12.2 Å². The third-order valence-corrected chi connectivity index (χ3v) is 4.02. The molecule has 3 rings (SSSR count). The molecular weight excluding hydrogens is 292 g/mol. The maximum atomic E-state index is 12.7. The molecule has 0 fully saturated rings. The third kappa shape index (κ3) is 3.39. The molecule has 2 aromatic rings. The lowest BCUT2D eigenvalue weighted by atomic mass is 10.1. The van der Waals surface area contributed by atoms with Crippen LogP contribution in [0.4, 0.5) is 16.2 Å². The largest absolute Gasteiger partial charge is 0.508 e. The predicted octanol–water partition coefficient (Wildman–Crippen LogP) is 3.78. The van der Waals surface area contributed by atoms with Crippen LogP contribution in [0.1, 0.15) is 18.4 Å². The van der Waals surface area contributed by atoms with Gasteiger partial charge in [-0.25, -0.2) is 4.79 Å². The Hall–Kier alpha value is -2.69. The first-order chi connectivity index (χ1) is 11.2. The Morgan fingerprint density at radius 1 is 1.17 bits per heavy atom. The van der Waals surface area contributed by atoms with Gasteiger partial charge in [0.2, 0.25) is 0 Å². The van der Waals surface area contributed by atoms with E-state index in [4.69, 9.17) is 4.74 Å². The van der Waals surface area contributed by atoms with E-state index in [1.165, 1.54) is 0 Å². The molecule has 2 amide bonds. The number of benzene rings is 2. The summed E-state index contributed by atoms with van der Waals surface area (Å²) < 4.78 is 5.29. The summed E-state index contributed by atoms with van der Waals surface area (Å²) in [6, 6.07) is 12.2. The minimum Gasteiger partial charge on any atom is -0.508 e. The van der Waals surface area contributed by atoms with E-state index in [2.05, 4.69) is 5.32 Å². The van der Waals surface area contributed by atoms with Gasteiger partial charge >= 0.3 is 6.03 Å². The van der Waals surface area contributed by atoms with Gasteiger partial charge in [-0.1, -0.05) is 6.07 Å². The van der Waals surface area contributed by atoms with Gasteiger partial charge in [-0.15, -0.1) is 0 Å². The van der Waals surface area contributed by atoms with Crippen molar-refractivity contribution in [3.8, 4) is 11.5 Å². The second kappa shape index (κ2) is 6.60. The minimum atomic E-state index is -0.174. The van der Waals surface area contributed by atoms with E-state index >= 15 is 0 Å². The van der Waals surface area contributed by atoms with Gasteiger partial charge in [0.1, 0.15) is 11.5 Å². The number of nitrogens with zero attached hydrogens (tertiary/aromatic N) is 1. The summed E-state index contributed by atoms with van der Waals surface area (Å²) in [5.41, 5.74) is 2.71. The standard InChI is InChI=1S/C18H20N2O3/c1-23-16-10-5-13-4-2-3-11-20(17(13)12-16)18(22)19-14-6-8-15(21)9-7-14/h5-10,12,21H,2-4,11H2,1H3,(H,19,22). The number of rotatable bonds is 2. The molecule has 0 radical (unpaired) electrons. The number of ether oxygens (including phenoxy) is 1. The normalized spacial score (nSPS) is 13.9. The number of nitrogens with one attached hydrogen (secondary N) is 1. The molecule has 0 aromatic heterocycles. The van der Waals surface area contributed by atoms with Crippen molar-refractivity contribution in [2.24, 2.45) is 0 Å². The molecule has 0 spiro atoms. The van der Waals surface area contributed by atoms with Gasteiger partial charge in [-0.2, -0.15) is 0 Å². The van der Waals surface area contributed by atoms with E-state index in [1.807, 2.05) is 18.2 Å². The highest BCUT2D eigenvalue weighted by Crippen LogP contribution is 2.31. The van der Waals surface area contributed by atoms with E-state index in [0.717, 1.165) is 36.3 Å². The Balaban J connectivity index is 1.86. The molecule has 1 heterocycles. The van der Waals surface area contributed by atoms with Gasteiger partial charge in [0, 0.05) is 18.3 Å². The van der Waals surface area contributed by atoms with Crippen molar-refractivity contribution in [3.63, 3.8) is 0 Å². The van der Waals surface area contributed by atoms with Crippen molar-refractivity contribution >= 4 is 17.4 Å². The van der Waals surface area contributed by atoms with Crippen LogP contribution in [0.2, 0.25) is 0 Å². The van der Waals surface area contributed by atoms with Crippen molar-refractivity contribution in [2.45, 2.75) is 19.3 Å². The number of aromatic hydroxyl groups is 1. The molecule has 1 aliphatic heterocycles. The lowest BCUT2D eigenvalue weighted by Gasteiger charge is -2.24. The molecule has 0 bridgehead atoms. The SMILES string of the molecule is COc1ccc2c(c1)N(C(=O)Nc1ccc(O)cc1)CCCC2. The van der Waals surface area contributed by atoms with Crippen molar-refractivity contribution in [2.75, 3.05) is 23.9 Å². The fraction of sp³-hybridized carbons (Fsp3) is 0.278. The van der Waals surface area contributed by atoms with Gasteiger partial charge in [-0.3, -0.25) is 4.90 Å². The molecule has 5 nitrogen and oxygen atoms in total. The first kappa shape index (κ1) is 15.2. The fourth-order valence-electron chi connectivity index (χ4n) is 2.79. The minimum absolute atomic E-state index is 0.174. The van der Waals surface area contributed by atoms with Gasteiger partial charge in [-0.05, 0) is 55.2 Å². The van der Waals surface area contributed by atoms with Crippen LogP contribution in [-0.4, -0.2) is 24.8 Å². The maximum Gasteiger partial charge on any atom is 0.326 e. The summed E-state index contributed by atoms with van der Waals surface area (Å²) in [6.45, 7) is 0.671. The fourth-order valence-corrected chi connectivity index (χ4v) is 2.79. The van der Waals surface area contributed by atoms with Crippen molar-refractivity contribution < 1.29 is 14.6 Å². The Bertz CT molecular complexity index is 698. The van der Waals surface area contributed by atoms with Crippen LogP contribution < -0.4 is 15.0 Å². The molecule has 0 aliphatic carbocycles. The number of hydrogen-bond donors (Lipinski definition) is 2. The Morgan fingerprint density at radius 2 is 1.96 bits per heavy atom. The number of fused-ring (bicyclic) bond motifs is 1. The first-order valence-corrected chi connectivity index (χ1v) is 7.72. The Kier molecular flexibility index (Phi) is 4.37. The molecular formula is C18H20N2O3. The topological polar surface area (TPSA) is 61.8 Å². The number of phenolic OH excluding ortho intramolecular Hbond substituents is 1. The quantitative estimate of drug-likeness (QED) is 0.830. The predicted molar refractivity (Wildman–Crippen MR) is 90.4 cm³/mol. The van der Waals surface area contributed by atoms with Crippen LogP contribution in [0.5, 0.6) is 11.5 Å².